The van der Waals surface area contributed by atoms with Crippen LogP contribution < -0.4 is 10.1 Å². The molecule has 0 aliphatic carbocycles. The van der Waals surface area contributed by atoms with Crippen molar-refractivity contribution in [1.29, 1.82) is 0 Å². The lowest BCUT2D eigenvalue weighted by Crippen LogP contribution is -2.20. The maximum absolute atomic E-state index is 12.1. The Balaban J connectivity index is 1.66. The number of hydrogen-bond acceptors (Lipinski definition) is 3. The van der Waals surface area contributed by atoms with Crippen LogP contribution in [0.5, 0.6) is 5.75 Å². The van der Waals surface area contributed by atoms with E-state index in [9.17, 15) is 4.79 Å². The van der Waals surface area contributed by atoms with E-state index in [0.717, 1.165) is 22.4 Å². The van der Waals surface area contributed by atoms with Crippen LogP contribution in [0, 0.1) is 13.8 Å². The van der Waals surface area contributed by atoms with Crippen LogP contribution in [-0.2, 0) is 4.79 Å². The highest BCUT2D eigenvalue weighted by molar-refractivity contribution is 6.37. The maximum atomic E-state index is 12.1. The average molecular weight is 427 g/mol. The summed E-state index contributed by atoms with van der Waals surface area (Å²) in [5, 5.41) is 3.40. The molecule has 0 aliphatic heterocycles. The number of aryl methyl sites for hydroxylation is 2. The smallest absolute Gasteiger partial charge is 0.262 e. The van der Waals surface area contributed by atoms with Crippen molar-refractivity contribution in [1.82, 2.24) is 0 Å². The van der Waals surface area contributed by atoms with Crippen molar-refractivity contribution >= 4 is 46.7 Å². The Bertz CT molecular complexity index is 1040. The molecule has 6 heteroatoms. The molecule has 148 valence electrons. The predicted octanol–water partition coefficient (Wildman–Crippen LogP) is 6.38. The molecule has 3 aromatic carbocycles. The van der Waals surface area contributed by atoms with Crippen molar-refractivity contribution in [3.63, 3.8) is 0 Å². The summed E-state index contributed by atoms with van der Waals surface area (Å²) in [4.78, 5) is 16.6. The lowest BCUT2D eigenvalue weighted by atomic mass is 10.2. The zero-order valence-electron chi connectivity index (χ0n) is 16.1. The van der Waals surface area contributed by atoms with Crippen molar-refractivity contribution in [3.05, 3.63) is 87.4 Å². The van der Waals surface area contributed by atoms with Gasteiger partial charge in [-0.2, -0.15) is 0 Å². The normalized spacial score (nSPS) is 10.9. The van der Waals surface area contributed by atoms with Gasteiger partial charge in [-0.1, -0.05) is 53.5 Å². The number of rotatable bonds is 6. The van der Waals surface area contributed by atoms with Crippen molar-refractivity contribution in [2.45, 2.75) is 13.8 Å². The summed E-state index contributed by atoms with van der Waals surface area (Å²) in [5.74, 6) is -0.0336. The van der Waals surface area contributed by atoms with Gasteiger partial charge in [-0.15, -0.1) is 0 Å². The predicted molar refractivity (Wildman–Crippen MR) is 120 cm³/mol. The largest absolute Gasteiger partial charge is 0.481 e. The average Bonchev–Trinajstić information content (AvgIpc) is 2.66. The number of nitrogens with zero attached hydrogens (tertiary/aromatic N) is 1. The van der Waals surface area contributed by atoms with Crippen LogP contribution in [0.25, 0.3) is 0 Å². The monoisotopic (exact) mass is 426 g/mol. The number of amides is 1. The van der Waals surface area contributed by atoms with E-state index in [2.05, 4.69) is 10.3 Å². The third-order valence-corrected chi connectivity index (χ3v) is 4.70. The standard InChI is InChI=1S/C23H20Cl2N2O2/c1-15-6-5-8-18(10-15)27-22(28)14-29-23-19(24)11-17(12-20(23)25)13-26-21-9-4-3-7-16(21)2/h3-13H,14H2,1-2H3,(H,27,28). The quantitative estimate of drug-likeness (QED) is 0.464. The van der Waals surface area contributed by atoms with Gasteiger partial charge in [0, 0.05) is 11.9 Å². The van der Waals surface area contributed by atoms with Gasteiger partial charge in [0.25, 0.3) is 5.91 Å². The first kappa shape index (κ1) is 20.9. The molecule has 4 nitrogen and oxygen atoms in total. The lowest BCUT2D eigenvalue weighted by Gasteiger charge is -2.11. The summed E-state index contributed by atoms with van der Waals surface area (Å²) >= 11 is 12.6. The number of carbonyl (C=O) groups is 1. The Morgan fingerprint density at radius 2 is 1.76 bits per heavy atom. The molecule has 0 aliphatic rings. The molecular weight excluding hydrogens is 407 g/mol. The van der Waals surface area contributed by atoms with E-state index < -0.39 is 0 Å². The first-order valence-corrected chi connectivity index (χ1v) is 9.76. The van der Waals surface area contributed by atoms with E-state index >= 15 is 0 Å². The molecule has 0 fully saturated rings. The van der Waals surface area contributed by atoms with Crippen LogP contribution in [0.4, 0.5) is 11.4 Å². The van der Waals surface area contributed by atoms with Crippen LogP contribution in [0.2, 0.25) is 10.0 Å². The Morgan fingerprint density at radius 3 is 2.45 bits per heavy atom. The number of para-hydroxylation sites is 1. The molecule has 0 spiro atoms. The minimum atomic E-state index is -0.298. The molecule has 0 unspecified atom stereocenters. The minimum Gasteiger partial charge on any atom is -0.481 e. The van der Waals surface area contributed by atoms with Crippen molar-refractivity contribution in [2.75, 3.05) is 11.9 Å². The van der Waals surface area contributed by atoms with Crippen molar-refractivity contribution in [2.24, 2.45) is 4.99 Å². The number of hydrogen-bond donors (Lipinski definition) is 1. The summed E-state index contributed by atoms with van der Waals surface area (Å²) in [6.07, 6.45) is 1.69. The molecule has 0 radical (unpaired) electrons. The number of nitrogens with one attached hydrogen (secondary N) is 1. The van der Waals surface area contributed by atoms with Gasteiger partial charge in [-0.05, 0) is 60.9 Å². The number of halogens is 2. The molecule has 29 heavy (non-hydrogen) atoms. The Labute approximate surface area is 180 Å². The van der Waals surface area contributed by atoms with Gasteiger partial charge in [0.1, 0.15) is 0 Å². The van der Waals surface area contributed by atoms with E-state index in [-0.39, 0.29) is 18.3 Å². The second-order valence-corrected chi connectivity index (χ2v) is 7.38. The first-order valence-electron chi connectivity index (χ1n) is 9.00. The molecule has 0 saturated carbocycles. The number of anilines is 1. The molecule has 0 atom stereocenters. The molecule has 0 saturated heterocycles. The van der Waals surface area contributed by atoms with Crippen LogP contribution in [0.15, 0.2) is 65.7 Å². The Hall–Kier alpha value is -2.82. The Kier molecular flexibility index (Phi) is 6.91. The van der Waals surface area contributed by atoms with E-state index in [1.54, 1.807) is 18.3 Å². The lowest BCUT2D eigenvalue weighted by molar-refractivity contribution is -0.118. The van der Waals surface area contributed by atoms with Gasteiger partial charge in [0.2, 0.25) is 0 Å². The molecule has 0 bridgehead atoms. The second-order valence-electron chi connectivity index (χ2n) is 6.56. The van der Waals surface area contributed by atoms with Crippen LogP contribution in [0.1, 0.15) is 16.7 Å². The minimum absolute atomic E-state index is 0.204. The van der Waals surface area contributed by atoms with Gasteiger partial charge < -0.3 is 10.1 Å². The highest BCUT2D eigenvalue weighted by Crippen LogP contribution is 2.34. The van der Waals surface area contributed by atoms with Gasteiger partial charge in [0.05, 0.1) is 15.7 Å². The summed E-state index contributed by atoms with van der Waals surface area (Å²) in [7, 11) is 0. The fourth-order valence-electron chi connectivity index (χ4n) is 2.70. The molecule has 1 N–H and O–H groups in total. The fourth-order valence-corrected chi connectivity index (χ4v) is 3.31. The first-order chi connectivity index (χ1) is 13.9. The maximum Gasteiger partial charge on any atom is 0.262 e. The molecule has 1 amide bonds. The summed E-state index contributed by atoms with van der Waals surface area (Å²) in [5.41, 5.74) is 4.43. The molecule has 3 rings (SSSR count). The number of carbonyl (C=O) groups excluding carboxylic acids is 1. The van der Waals surface area contributed by atoms with Gasteiger partial charge in [-0.25, -0.2) is 0 Å². The molecule has 0 heterocycles. The SMILES string of the molecule is Cc1cccc(NC(=O)COc2c(Cl)cc(C=Nc3ccccc3C)cc2Cl)c1. The van der Waals surface area contributed by atoms with E-state index in [4.69, 9.17) is 27.9 Å². The van der Waals surface area contributed by atoms with Gasteiger partial charge in [-0.3, -0.25) is 9.79 Å². The van der Waals surface area contributed by atoms with Crippen LogP contribution in [-0.4, -0.2) is 18.7 Å². The zero-order chi connectivity index (χ0) is 20.8. The van der Waals surface area contributed by atoms with Crippen molar-refractivity contribution < 1.29 is 9.53 Å². The second kappa shape index (κ2) is 9.59. The van der Waals surface area contributed by atoms with Crippen molar-refractivity contribution in [3.8, 4) is 5.75 Å². The number of aliphatic imine (C=N–C) groups is 1. The van der Waals surface area contributed by atoms with Crippen LogP contribution in [0.3, 0.4) is 0 Å². The van der Waals surface area contributed by atoms with Gasteiger partial charge in [0.15, 0.2) is 12.4 Å². The highest BCUT2D eigenvalue weighted by atomic mass is 35.5. The summed E-state index contributed by atoms with van der Waals surface area (Å²) in [6.45, 7) is 3.74. The number of ether oxygens (including phenoxy) is 1. The summed E-state index contributed by atoms with van der Waals surface area (Å²) < 4.78 is 5.55. The molecule has 3 aromatic rings. The molecule has 0 aromatic heterocycles. The third-order valence-electron chi connectivity index (χ3n) is 4.14. The van der Waals surface area contributed by atoms with E-state index in [1.807, 2.05) is 62.4 Å². The van der Waals surface area contributed by atoms with E-state index in [0.29, 0.717) is 15.7 Å². The van der Waals surface area contributed by atoms with Crippen LogP contribution >= 0.6 is 23.2 Å². The number of benzene rings is 3. The molecular formula is C23H20Cl2N2O2. The Morgan fingerprint density at radius 1 is 1.03 bits per heavy atom. The summed E-state index contributed by atoms with van der Waals surface area (Å²) in [6, 6.07) is 18.7. The van der Waals surface area contributed by atoms with Gasteiger partial charge >= 0.3 is 0 Å². The van der Waals surface area contributed by atoms with E-state index in [1.165, 1.54) is 0 Å². The highest BCUT2D eigenvalue weighted by Gasteiger charge is 2.12. The fraction of sp³-hybridized carbons (Fsp3) is 0.130. The third kappa shape index (κ3) is 5.83. The topological polar surface area (TPSA) is 50.7 Å². The zero-order valence-corrected chi connectivity index (χ0v) is 17.6.